The smallest absolute Gasteiger partial charge is 0.276 e. The van der Waals surface area contributed by atoms with Gasteiger partial charge >= 0.3 is 0 Å². The maximum atomic E-state index is 12.9. The van der Waals surface area contributed by atoms with Gasteiger partial charge in [-0.15, -0.1) is 0 Å². The number of fused-ring (bicyclic) bond motifs is 4. The van der Waals surface area contributed by atoms with Gasteiger partial charge in [0, 0.05) is 18.1 Å². The van der Waals surface area contributed by atoms with Crippen LogP contribution in [0, 0.1) is 0 Å². The summed E-state index contributed by atoms with van der Waals surface area (Å²) in [4.78, 5) is 25.2. The molecule has 0 bridgehead atoms. The summed E-state index contributed by atoms with van der Waals surface area (Å²) in [5.74, 6) is -0.335. The van der Waals surface area contributed by atoms with E-state index in [9.17, 15) is 9.59 Å². The molecule has 0 fully saturated rings. The molecule has 1 heterocycles. The van der Waals surface area contributed by atoms with Gasteiger partial charge in [-0.25, -0.2) is 4.68 Å². The van der Waals surface area contributed by atoms with E-state index >= 15 is 0 Å². The van der Waals surface area contributed by atoms with Crippen LogP contribution >= 0.6 is 0 Å². The first kappa shape index (κ1) is 16.4. The third-order valence-electron chi connectivity index (χ3n) is 5.23. The van der Waals surface area contributed by atoms with Gasteiger partial charge in [-0.1, -0.05) is 48.5 Å². The second kappa shape index (κ2) is 6.16. The normalized spacial score (nSPS) is 11.9. The standard InChI is InChI=1S/C23H17N3O2/c1-26-23(28)19-9-5-4-8-18(19)21(25-26)22(27)24-16-11-10-15-12-14-6-2-3-7-17(14)20(15)13-16/h2-11,13H,12H2,1H3,(H,24,27). The maximum absolute atomic E-state index is 12.9. The molecule has 1 aliphatic rings. The zero-order chi connectivity index (χ0) is 19.3. The predicted octanol–water partition coefficient (Wildman–Crippen LogP) is 3.76. The number of anilines is 1. The Morgan fingerprint density at radius 3 is 2.50 bits per heavy atom. The third kappa shape index (κ3) is 2.52. The lowest BCUT2D eigenvalue weighted by molar-refractivity contribution is 0.102. The highest BCUT2D eigenvalue weighted by Gasteiger charge is 2.20. The molecule has 0 aliphatic heterocycles. The summed E-state index contributed by atoms with van der Waals surface area (Å²) < 4.78 is 1.20. The molecule has 0 atom stereocenters. The van der Waals surface area contributed by atoms with Crippen LogP contribution in [0.1, 0.15) is 21.6 Å². The van der Waals surface area contributed by atoms with Crippen molar-refractivity contribution < 1.29 is 4.79 Å². The van der Waals surface area contributed by atoms with Crippen LogP contribution in [-0.4, -0.2) is 15.7 Å². The molecular formula is C23H17N3O2. The zero-order valence-corrected chi connectivity index (χ0v) is 15.3. The number of hydrogen-bond donors (Lipinski definition) is 1. The fourth-order valence-electron chi connectivity index (χ4n) is 3.86. The minimum Gasteiger partial charge on any atom is -0.321 e. The van der Waals surface area contributed by atoms with E-state index in [1.165, 1.54) is 21.4 Å². The van der Waals surface area contributed by atoms with Crippen molar-refractivity contribution in [3.63, 3.8) is 0 Å². The van der Waals surface area contributed by atoms with Crippen LogP contribution < -0.4 is 10.9 Å². The highest BCUT2D eigenvalue weighted by molar-refractivity contribution is 6.11. The number of carbonyl (C=O) groups excluding carboxylic acids is 1. The largest absolute Gasteiger partial charge is 0.321 e. The fourth-order valence-corrected chi connectivity index (χ4v) is 3.86. The van der Waals surface area contributed by atoms with E-state index in [1.54, 1.807) is 31.3 Å². The van der Waals surface area contributed by atoms with Gasteiger partial charge in [0.2, 0.25) is 0 Å². The lowest BCUT2D eigenvalue weighted by Gasteiger charge is -2.10. The van der Waals surface area contributed by atoms with E-state index in [-0.39, 0.29) is 17.2 Å². The first-order chi connectivity index (χ1) is 13.6. The number of aryl methyl sites for hydroxylation is 1. The van der Waals surface area contributed by atoms with E-state index in [2.05, 4.69) is 28.6 Å². The van der Waals surface area contributed by atoms with Crippen molar-refractivity contribution in [2.45, 2.75) is 6.42 Å². The SMILES string of the molecule is Cn1nc(C(=O)Nc2ccc3c(c2)-c2ccccc2C3)c2ccccc2c1=O. The molecule has 136 valence electrons. The second-order valence-electron chi connectivity index (χ2n) is 6.98. The molecule has 4 aromatic rings. The lowest BCUT2D eigenvalue weighted by Crippen LogP contribution is -2.25. The Labute approximate surface area is 161 Å². The van der Waals surface area contributed by atoms with Gasteiger partial charge in [0.25, 0.3) is 11.5 Å². The topological polar surface area (TPSA) is 64.0 Å². The van der Waals surface area contributed by atoms with E-state index in [0.717, 1.165) is 12.0 Å². The molecule has 0 saturated heterocycles. The monoisotopic (exact) mass is 367 g/mol. The number of amides is 1. The molecule has 1 aromatic heterocycles. The van der Waals surface area contributed by atoms with E-state index in [4.69, 9.17) is 0 Å². The van der Waals surface area contributed by atoms with Crippen molar-refractivity contribution in [3.05, 3.63) is 93.9 Å². The average molecular weight is 367 g/mol. The number of nitrogens with one attached hydrogen (secondary N) is 1. The number of aromatic nitrogens is 2. The second-order valence-corrected chi connectivity index (χ2v) is 6.98. The highest BCUT2D eigenvalue weighted by Crippen LogP contribution is 2.37. The molecule has 0 radical (unpaired) electrons. The van der Waals surface area contributed by atoms with Gasteiger partial charge < -0.3 is 5.32 Å². The first-order valence-corrected chi connectivity index (χ1v) is 9.10. The summed E-state index contributed by atoms with van der Waals surface area (Å²) in [6.45, 7) is 0. The molecule has 1 N–H and O–H groups in total. The lowest BCUT2D eigenvalue weighted by atomic mass is 10.1. The van der Waals surface area contributed by atoms with Crippen LogP contribution in [0.4, 0.5) is 5.69 Å². The summed E-state index contributed by atoms with van der Waals surface area (Å²) in [7, 11) is 1.55. The Morgan fingerprint density at radius 2 is 1.64 bits per heavy atom. The fraction of sp³-hybridized carbons (Fsp3) is 0.0870. The Bertz CT molecular complexity index is 1320. The van der Waals surface area contributed by atoms with Crippen LogP contribution in [0.25, 0.3) is 21.9 Å². The predicted molar refractivity (Wildman–Crippen MR) is 110 cm³/mol. The molecule has 5 rings (SSSR count). The summed E-state index contributed by atoms with van der Waals surface area (Å²) in [5.41, 5.74) is 5.63. The summed E-state index contributed by atoms with van der Waals surface area (Å²) in [6.07, 6.45) is 0.909. The molecule has 28 heavy (non-hydrogen) atoms. The van der Waals surface area contributed by atoms with Gasteiger partial charge in [-0.2, -0.15) is 5.10 Å². The molecular weight excluding hydrogens is 350 g/mol. The number of carbonyl (C=O) groups is 1. The van der Waals surface area contributed by atoms with Crippen LogP contribution in [0.2, 0.25) is 0 Å². The van der Waals surface area contributed by atoms with Gasteiger partial charge in [0.05, 0.1) is 5.39 Å². The Kier molecular flexibility index (Phi) is 3.62. The van der Waals surface area contributed by atoms with Crippen molar-refractivity contribution in [1.82, 2.24) is 9.78 Å². The maximum Gasteiger partial charge on any atom is 0.276 e. The molecule has 5 nitrogen and oxygen atoms in total. The molecule has 1 amide bonds. The Hall–Kier alpha value is -3.73. The van der Waals surface area contributed by atoms with E-state index in [1.807, 2.05) is 24.3 Å². The van der Waals surface area contributed by atoms with Crippen molar-refractivity contribution in [2.24, 2.45) is 7.05 Å². The van der Waals surface area contributed by atoms with Crippen LogP contribution in [-0.2, 0) is 13.5 Å². The Morgan fingerprint density at radius 1 is 0.929 bits per heavy atom. The van der Waals surface area contributed by atoms with Gasteiger partial charge in [0.15, 0.2) is 5.69 Å². The van der Waals surface area contributed by atoms with Crippen molar-refractivity contribution in [2.75, 3.05) is 5.32 Å². The van der Waals surface area contributed by atoms with Crippen LogP contribution in [0.5, 0.6) is 0 Å². The first-order valence-electron chi connectivity index (χ1n) is 9.10. The highest BCUT2D eigenvalue weighted by atomic mass is 16.2. The van der Waals surface area contributed by atoms with E-state index in [0.29, 0.717) is 16.5 Å². The van der Waals surface area contributed by atoms with Gasteiger partial charge in [-0.05, 0) is 46.9 Å². The quantitative estimate of drug-likeness (QED) is 0.517. The molecule has 5 heteroatoms. The summed E-state index contributed by atoms with van der Waals surface area (Å²) in [6, 6.07) is 21.3. The molecule has 0 unspecified atom stereocenters. The molecule has 3 aromatic carbocycles. The average Bonchev–Trinajstić information content (AvgIpc) is 3.09. The van der Waals surface area contributed by atoms with Crippen molar-refractivity contribution in [1.29, 1.82) is 0 Å². The van der Waals surface area contributed by atoms with Gasteiger partial charge in [-0.3, -0.25) is 9.59 Å². The summed E-state index contributed by atoms with van der Waals surface area (Å²) in [5, 5.41) is 8.17. The molecule has 0 saturated carbocycles. The number of hydrogen-bond acceptors (Lipinski definition) is 3. The summed E-state index contributed by atoms with van der Waals surface area (Å²) >= 11 is 0. The minimum atomic E-state index is -0.335. The number of rotatable bonds is 2. The van der Waals surface area contributed by atoms with Crippen LogP contribution in [0.15, 0.2) is 71.5 Å². The van der Waals surface area contributed by atoms with Crippen molar-refractivity contribution in [3.8, 4) is 11.1 Å². The molecule has 1 aliphatic carbocycles. The number of benzene rings is 3. The molecule has 0 spiro atoms. The number of nitrogens with zero attached hydrogens (tertiary/aromatic N) is 2. The minimum absolute atomic E-state index is 0.221. The Balaban J connectivity index is 1.54. The van der Waals surface area contributed by atoms with Gasteiger partial charge in [0.1, 0.15) is 0 Å². The van der Waals surface area contributed by atoms with E-state index < -0.39 is 0 Å². The third-order valence-corrected chi connectivity index (χ3v) is 5.23. The van der Waals surface area contributed by atoms with Crippen LogP contribution in [0.3, 0.4) is 0 Å². The zero-order valence-electron chi connectivity index (χ0n) is 15.3. The van der Waals surface area contributed by atoms with Crippen molar-refractivity contribution >= 4 is 22.4 Å².